The first-order valence-corrected chi connectivity index (χ1v) is 5.79. The summed E-state index contributed by atoms with van der Waals surface area (Å²) >= 11 is 0. The lowest BCUT2D eigenvalue weighted by atomic mass is 10.0. The number of benzene rings is 1. The van der Waals surface area contributed by atoms with Crippen molar-refractivity contribution in [2.24, 2.45) is 5.92 Å². The van der Waals surface area contributed by atoms with Crippen molar-refractivity contribution in [2.45, 2.75) is 12.8 Å². The third-order valence-electron chi connectivity index (χ3n) is 2.86. The molecular weight excluding hydrogens is 202 g/mol. The molecule has 0 bridgehead atoms. The summed E-state index contributed by atoms with van der Waals surface area (Å²) in [6, 6.07) is 9.14. The molecule has 1 N–H and O–H groups in total. The fourth-order valence-electron chi connectivity index (χ4n) is 1.92. The SMILES string of the molecule is O=C(OC[C@H]1CCCNC1)c1ccccc1. The van der Waals surface area contributed by atoms with Gasteiger partial charge >= 0.3 is 5.97 Å². The van der Waals surface area contributed by atoms with Crippen LogP contribution in [0.5, 0.6) is 0 Å². The van der Waals surface area contributed by atoms with E-state index in [2.05, 4.69) is 5.32 Å². The van der Waals surface area contributed by atoms with Gasteiger partial charge in [-0.15, -0.1) is 0 Å². The molecule has 16 heavy (non-hydrogen) atoms. The third-order valence-corrected chi connectivity index (χ3v) is 2.86. The number of carbonyl (C=O) groups is 1. The van der Waals surface area contributed by atoms with Crippen LogP contribution in [-0.4, -0.2) is 25.7 Å². The highest BCUT2D eigenvalue weighted by Gasteiger charge is 2.15. The van der Waals surface area contributed by atoms with Gasteiger partial charge in [0.2, 0.25) is 0 Å². The summed E-state index contributed by atoms with van der Waals surface area (Å²) < 4.78 is 5.29. The molecule has 1 saturated heterocycles. The highest BCUT2D eigenvalue weighted by atomic mass is 16.5. The predicted octanol–water partition coefficient (Wildman–Crippen LogP) is 1.84. The maximum absolute atomic E-state index is 11.6. The van der Waals surface area contributed by atoms with Crippen molar-refractivity contribution < 1.29 is 9.53 Å². The highest BCUT2D eigenvalue weighted by molar-refractivity contribution is 5.89. The Morgan fingerprint density at radius 1 is 1.38 bits per heavy atom. The van der Waals surface area contributed by atoms with Gasteiger partial charge in [-0.1, -0.05) is 18.2 Å². The Labute approximate surface area is 95.8 Å². The van der Waals surface area contributed by atoms with Gasteiger partial charge in [0, 0.05) is 12.5 Å². The lowest BCUT2D eigenvalue weighted by molar-refractivity contribution is 0.0421. The summed E-state index contributed by atoms with van der Waals surface area (Å²) in [7, 11) is 0. The van der Waals surface area contributed by atoms with Crippen molar-refractivity contribution in [3.8, 4) is 0 Å². The van der Waals surface area contributed by atoms with E-state index in [0.29, 0.717) is 18.1 Å². The minimum atomic E-state index is -0.217. The lowest BCUT2D eigenvalue weighted by Crippen LogP contribution is -2.32. The third kappa shape index (κ3) is 3.07. The summed E-state index contributed by atoms with van der Waals surface area (Å²) in [6.45, 7) is 2.58. The molecule has 2 rings (SSSR count). The normalized spacial score (nSPS) is 20.4. The zero-order chi connectivity index (χ0) is 11.2. The molecule has 1 heterocycles. The molecule has 1 aliphatic rings. The van der Waals surface area contributed by atoms with Gasteiger partial charge < -0.3 is 10.1 Å². The number of hydrogen-bond acceptors (Lipinski definition) is 3. The van der Waals surface area contributed by atoms with E-state index >= 15 is 0 Å². The quantitative estimate of drug-likeness (QED) is 0.788. The Balaban J connectivity index is 1.79. The van der Waals surface area contributed by atoms with Crippen molar-refractivity contribution in [1.82, 2.24) is 5.32 Å². The predicted molar refractivity (Wildman–Crippen MR) is 62.3 cm³/mol. The smallest absolute Gasteiger partial charge is 0.338 e. The van der Waals surface area contributed by atoms with Gasteiger partial charge in [0.1, 0.15) is 0 Å². The van der Waals surface area contributed by atoms with Gasteiger partial charge in [-0.2, -0.15) is 0 Å². The summed E-state index contributed by atoms with van der Waals surface area (Å²) in [5, 5.41) is 3.31. The number of esters is 1. The summed E-state index contributed by atoms with van der Waals surface area (Å²) in [5.41, 5.74) is 0.631. The van der Waals surface area contributed by atoms with Crippen LogP contribution in [0.4, 0.5) is 0 Å². The number of hydrogen-bond donors (Lipinski definition) is 1. The van der Waals surface area contributed by atoms with E-state index in [-0.39, 0.29) is 5.97 Å². The van der Waals surface area contributed by atoms with E-state index in [0.717, 1.165) is 19.5 Å². The molecule has 1 atom stereocenters. The minimum Gasteiger partial charge on any atom is -0.462 e. The molecule has 0 saturated carbocycles. The second-order valence-electron chi connectivity index (χ2n) is 4.18. The van der Waals surface area contributed by atoms with Gasteiger partial charge in [0.15, 0.2) is 0 Å². The fourth-order valence-corrected chi connectivity index (χ4v) is 1.92. The standard InChI is InChI=1S/C13H17NO2/c15-13(12-6-2-1-3-7-12)16-10-11-5-4-8-14-9-11/h1-3,6-7,11,14H,4-5,8-10H2/t11-/m0/s1. The first kappa shape index (κ1) is 11.1. The van der Waals surface area contributed by atoms with Gasteiger partial charge in [-0.05, 0) is 31.5 Å². The molecule has 1 aliphatic heterocycles. The van der Waals surface area contributed by atoms with Gasteiger partial charge in [-0.25, -0.2) is 4.79 Å². The molecule has 1 aromatic carbocycles. The van der Waals surface area contributed by atoms with Crippen LogP contribution in [0.3, 0.4) is 0 Å². The molecule has 0 amide bonds. The van der Waals surface area contributed by atoms with Gasteiger partial charge in [-0.3, -0.25) is 0 Å². The van der Waals surface area contributed by atoms with E-state index < -0.39 is 0 Å². The fraction of sp³-hybridized carbons (Fsp3) is 0.462. The van der Waals surface area contributed by atoms with Crippen LogP contribution < -0.4 is 5.32 Å². The second-order valence-corrected chi connectivity index (χ2v) is 4.18. The molecule has 3 nitrogen and oxygen atoms in total. The average Bonchev–Trinajstić information content (AvgIpc) is 2.38. The Morgan fingerprint density at radius 3 is 2.88 bits per heavy atom. The molecular formula is C13H17NO2. The molecule has 1 aromatic rings. The number of nitrogens with one attached hydrogen (secondary N) is 1. The van der Waals surface area contributed by atoms with Crippen LogP contribution in [0.2, 0.25) is 0 Å². The van der Waals surface area contributed by atoms with Crippen molar-refractivity contribution in [3.05, 3.63) is 35.9 Å². The Bertz CT molecular complexity index is 331. The monoisotopic (exact) mass is 219 g/mol. The zero-order valence-corrected chi connectivity index (χ0v) is 9.32. The van der Waals surface area contributed by atoms with E-state index in [1.165, 1.54) is 6.42 Å². The lowest BCUT2D eigenvalue weighted by Gasteiger charge is -2.22. The van der Waals surface area contributed by atoms with Crippen LogP contribution in [0.15, 0.2) is 30.3 Å². The van der Waals surface area contributed by atoms with Crippen LogP contribution >= 0.6 is 0 Å². The second kappa shape index (κ2) is 5.66. The van der Waals surface area contributed by atoms with E-state index in [9.17, 15) is 4.79 Å². The molecule has 0 aliphatic carbocycles. The van der Waals surface area contributed by atoms with Crippen molar-refractivity contribution in [2.75, 3.05) is 19.7 Å². The van der Waals surface area contributed by atoms with Gasteiger partial charge in [0.05, 0.1) is 12.2 Å². The maximum Gasteiger partial charge on any atom is 0.338 e. The van der Waals surface area contributed by atoms with Crippen LogP contribution in [0, 0.1) is 5.92 Å². The maximum atomic E-state index is 11.6. The van der Waals surface area contributed by atoms with E-state index in [1.807, 2.05) is 18.2 Å². The molecule has 1 fully saturated rings. The molecule has 0 spiro atoms. The minimum absolute atomic E-state index is 0.217. The number of carbonyl (C=O) groups excluding carboxylic acids is 1. The number of ether oxygens (including phenoxy) is 1. The summed E-state index contributed by atoms with van der Waals surface area (Å²) in [6.07, 6.45) is 2.32. The average molecular weight is 219 g/mol. The Kier molecular flexibility index (Phi) is 3.94. The van der Waals surface area contributed by atoms with Crippen LogP contribution in [0.25, 0.3) is 0 Å². The van der Waals surface area contributed by atoms with Crippen molar-refractivity contribution in [1.29, 1.82) is 0 Å². The van der Waals surface area contributed by atoms with E-state index in [1.54, 1.807) is 12.1 Å². The van der Waals surface area contributed by atoms with Crippen molar-refractivity contribution >= 4 is 5.97 Å². The number of rotatable bonds is 3. The molecule has 0 unspecified atom stereocenters. The molecule has 0 radical (unpaired) electrons. The highest BCUT2D eigenvalue weighted by Crippen LogP contribution is 2.11. The van der Waals surface area contributed by atoms with Gasteiger partial charge in [0.25, 0.3) is 0 Å². The first-order chi connectivity index (χ1) is 7.86. The molecule has 86 valence electrons. The molecule has 0 aromatic heterocycles. The summed E-state index contributed by atoms with van der Waals surface area (Å²) in [4.78, 5) is 11.6. The zero-order valence-electron chi connectivity index (χ0n) is 9.32. The van der Waals surface area contributed by atoms with Crippen LogP contribution in [-0.2, 0) is 4.74 Å². The van der Waals surface area contributed by atoms with Crippen LogP contribution in [0.1, 0.15) is 23.2 Å². The Hall–Kier alpha value is -1.35. The first-order valence-electron chi connectivity index (χ1n) is 5.79. The summed E-state index contributed by atoms with van der Waals surface area (Å²) in [5.74, 6) is 0.257. The molecule has 3 heteroatoms. The Morgan fingerprint density at radius 2 is 2.19 bits per heavy atom. The topological polar surface area (TPSA) is 38.3 Å². The largest absolute Gasteiger partial charge is 0.462 e. The van der Waals surface area contributed by atoms with E-state index in [4.69, 9.17) is 4.74 Å². The number of piperidine rings is 1. The van der Waals surface area contributed by atoms with Crippen molar-refractivity contribution in [3.63, 3.8) is 0 Å².